The van der Waals surface area contributed by atoms with Gasteiger partial charge >= 0.3 is 0 Å². The van der Waals surface area contributed by atoms with Gasteiger partial charge in [-0.2, -0.15) is 0 Å². The molecule has 0 saturated carbocycles. The minimum absolute atomic E-state index is 0.142. The average molecular weight is 437 g/mol. The highest BCUT2D eigenvalue weighted by molar-refractivity contribution is 6.31. The molecule has 0 aliphatic carbocycles. The maximum absolute atomic E-state index is 13.4. The Morgan fingerprint density at radius 1 is 0.833 bits per heavy atom. The quantitative estimate of drug-likeness (QED) is 0.385. The highest BCUT2D eigenvalue weighted by atomic mass is 35.5. The molecule has 0 fully saturated rings. The summed E-state index contributed by atoms with van der Waals surface area (Å²) in [5.74, 6) is -0.330. The molecule has 0 N–H and O–H groups in total. The Hall–Kier alpha value is -3.08. The molecule has 0 amide bonds. The molecule has 0 atom stereocenters. The summed E-state index contributed by atoms with van der Waals surface area (Å²) in [6, 6.07) is 23.3. The summed E-state index contributed by atoms with van der Waals surface area (Å²) in [4.78, 5) is 26.6. The molecular weight excluding hydrogens is 419 g/mol. The van der Waals surface area contributed by atoms with Crippen LogP contribution in [0.25, 0.3) is 5.69 Å². The van der Waals surface area contributed by atoms with E-state index >= 15 is 0 Å². The number of ketones is 1. The van der Waals surface area contributed by atoms with Gasteiger partial charge in [0.2, 0.25) is 0 Å². The monoisotopic (exact) mass is 436 g/mol. The maximum Gasteiger partial charge on any atom is 0.282 e. The van der Waals surface area contributed by atoms with Crippen LogP contribution in [0.3, 0.4) is 0 Å². The van der Waals surface area contributed by atoms with Crippen molar-refractivity contribution in [3.63, 3.8) is 0 Å². The van der Waals surface area contributed by atoms with Gasteiger partial charge in [-0.15, -0.1) is 0 Å². The molecule has 0 unspecified atom stereocenters. The molecule has 3 aromatic carbocycles. The fourth-order valence-electron chi connectivity index (χ4n) is 3.44. The lowest BCUT2D eigenvalue weighted by Gasteiger charge is -2.14. The fraction of sp³-hybridized carbons (Fsp3) is 0.0833. The molecule has 30 heavy (non-hydrogen) atoms. The Balaban J connectivity index is 1.90. The highest BCUT2D eigenvalue weighted by Gasteiger charge is 2.24. The highest BCUT2D eigenvalue weighted by Crippen LogP contribution is 2.19. The van der Waals surface area contributed by atoms with Crippen LogP contribution in [-0.4, -0.2) is 15.1 Å². The van der Waals surface area contributed by atoms with Crippen LogP contribution in [0, 0.1) is 6.92 Å². The van der Waals surface area contributed by atoms with E-state index in [0.29, 0.717) is 33.5 Å². The predicted molar refractivity (Wildman–Crippen MR) is 120 cm³/mol. The molecule has 4 rings (SSSR count). The first-order valence-corrected chi connectivity index (χ1v) is 10.1. The number of halogens is 2. The van der Waals surface area contributed by atoms with Gasteiger partial charge < -0.3 is 0 Å². The van der Waals surface area contributed by atoms with Crippen molar-refractivity contribution >= 4 is 29.0 Å². The fourth-order valence-corrected chi connectivity index (χ4v) is 3.69. The third kappa shape index (κ3) is 3.84. The maximum atomic E-state index is 13.4. The van der Waals surface area contributed by atoms with E-state index in [2.05, 4.69) is 0 Å². The van der Waals surface area contributed by atoms with E-state index in [9.17, 15) is 9.59 Å². The predicted octanol–water partition coefficient (Wildman–Crippen LogP) is 5.53. The van der Waals surface area contributed by atoms with Gasteiger partial charge in [0.25, 0.3) is 5.56 Å². The van der Waals surface area contributed by atoms with E-state index in [1.54, 1.807) is 55.5 Å². The van der Waals surface area contributed by atoms with Crippen LogP contribution in [0.15, 0.2) is 83.7 Å². The first-order valence-electron chi connectivity index (χ1n) is 9.38. The molecule has 0 spiro atoms. The van der Waals surface area contributed by atoms with Crippen molar-refractivity contribution in [2.75, 3.05) is 0 Å². The molecule has 4 nitrogen and oxygen atoms in total. The largest absolute Gasteiger partial charge is 0.288 e. The standard InChI is InChI=1S/C24H18Cl2N2O2/c1-16-22(23(29)18-7-9-19(25)10-8-18)24(30)28(21-13-11-20(26)12-14-21)27(16)15-17-5-3-2-4-6-17/h2-14H,15H2,1H3. The molecule has 4 aromatic rings. The van der Waals surface area contributed by atoms with Crippen LogP contribution < -0.4 is 5.56 Å². The molecular formula is C24H18Cl2N2O2. The van der Waals surface area contributed by atoms with Gasteiger partial charge in [-0.1, -0.05) is 53.5 Å². The number of aromatic nitrogens is 2. The Kier molecular flexibility index (Phi) is 5.62. The normalized spacial score (nSPS) is 10.9. The minimum atomic E-state index is -0.370. The van der Waals surface area contributed by atoms with Crippen molar-refractivity contribution in [3.05, 3.63) is 122 Å². The average Bonchev–Trinajstić information content (AvgIpc) is 2.99. The number of carbonyl (C=O) groups is 1. The Morgan fingerprint density at radius 2 is 1.40 bits per heavy atom. The number of rotatable bonds is 5. The SMILES string of the molecule is Cc1c(C(=O)c2ccc(Cl)cc2)c(=O)n(-c2ccc(Cl)cc2)n1Cc1ccccc1. The lowest BCUT2D eigenvalue weighted by Crippen LogP contribution is -2.24. The van der Waals surface area contributed by atoms with Gasteiger partial charge in [-0.3, -0.25) is 14.3 Å². The molecule has 0 bridgehead atoms. The zero-order valence-corrected chi connectivity index (χ0v) is 17.7. The summed E-state index contributed by atoms with van der Waals surface area (Å²) in [6.45, 7) is 2.23. The summed E-state index contributed by atoms with van der Waals surface area (Å²) in [7, 11) is 0. The molecule has 6 heteroatoms. The number of benzene rings is 3. The zero-order chi connectivity index (χ0) is 21.3. The number of hydrogen-bond donors (Lipinski definition) is 0. The van der Waals surface area contributed by atoms with Gasteiger partial charge in [-0.25, -0.2) is 4.68 Å². The van der Waals surface area contributed by atoms with Crippen molar-refractivity contribution in [1.82, 2.24) is 9.36 Å². The number of hydrogen-bond acceptors (Lipinski definition) is 2. The molecule has 1 aromatic heterocycles. The van der Waals surface area contributed by atoms with E-state index in [-0.39, 0.29) is 16.9 Å². The van der Waals surface area contributed by atoms with Crippen LogP contribution in [-0.2, 0) is 6.54 Å². The summed E-state index contributed by atoms with van der Waals surface area (Å²) in [5, 5.41) is 1.10. The van der Waals surface area contributed by atoms with Gasteiger partial charge in [-0.05, 0) is 61.0 Å². The molecule has 150 valence electrons. The van der Waals surface area contributed by atoms with Crippen LogP contribution >= 0.6 is 23.2 Å². The second kappa shape index (κ2) is 8.34. The summed E-state index contributed by atoms with van der Waals surface area (Å²) < 4.78 is 3.35. The van der Waals surface area contributed by atoms with Crippen LogP contribution in [0.2, 0.25) is 10.0 Å². The molecule has 0 aliphatic rings. The Labute approximate surface area is 183 Å². The van der Waals surface area contributed by atoms with Crippen molar-refractivity contribution in [3.8, 4) is 5.69 Å². The van der Waals surface area contributed by atoms with Crippen molar-refractivity contribution < 1.29 is 4.79 Å². The van der Waals surface area contributed by atoms with Gasteiger partial charge in [0, 0.05) is 21.3 Å². The first-order chi connectivity index (χ1) is 14.5. The van der Waals surface area contributed by atoms with Crippen LogP contribution in [0.1, 0.15) is 27.2 Å². The minimum Gasteiger partial charge on any atom is -0.288 e. The summed E-state index contributed by atoms with van der Waals surface area (Å²) in [6.07, 6.45) is 0. The molecule has 0 aliphatic heterocycles. The van der Waals surface area contributed by atoms with Gasteiger partial charge in [0.1, 0.15) is 5.56 Å². The van der Waals surface area contributed by atoms with Crippen molar-refractivity contribution in [1.29, 1.82) is 0 Å². The Morgan fingerprint density at radius 3 is 2.00 bits per heavy atom. The second-order valence-electron chi connectivity index (χ2n) is 6.93. The summed E-state index contributed by atoms with van der Waals surface area (Å²) >= 11 is 12.0. The molecule has 0 saturated heterocycles. The van der Waals surface area contributed by atoms with E-state index in [4.69, 9.17) is 23.2 Å². The van der Waals surface area contributed by atoms with Crippen LogP contribution in [0.4, 0.5) is 0 Å². The lowest BCUT2D eigenvalue weighted by atomic mass is 10.0. The van der Waals surface area contributed by atoms with Crippen LogP contribution in [0.5, 0.6) is 0 Å². The van der Waals surface area contributed by atoms with Gasteiger partial charge in [0.05, 0.1) is 12.2 Å². The van der Waals surface area contributed by atoms with E-state index < -0.39 is 0 Å². The Bertz CT molecular complexity index is 1260. The first kappa shape index (κ1) is 20.2. The molecule has 1 heterocycles. The van der Waals surface area contributed by atoms with Crippen molar-refractivity contribution in [2.45, 2.75) is 13.5 Å². The topological polar surface area (TPSA) is 44.0 Å². The molecule has 0 radical (unpaired) electrons. The zero-order valence-electron chi connectivity index (χ0n) is 16.2. The number of nitrogens with zero attached hydrogens (tertiary/aromatic N) is 2. The third-order valence-corrected chi connectivity index (χ3v) is 5.48. The second-order valence-corrected chi connectivity index (χ2v) is 7.81. The van der Waals surface area contributed by atoms with E-state index in [0.717, 1.165) is 5.56 Å². The van der Waals surface area contributed by atoms with Crippen molar-refractivity contribution in [2.24, 2.45) is 0 Å². The van der Waals surface area contributed by atoms with E-state index in [1.807, 2.05) is 35.0 Å². The summed E-state index contributed by atoms with van der Waals surface area (Å²) in [5.41, 5.74) is 2.44. The third-order valence-electron chi connectivity index (χ3n) is 4.98. The lowest BCUT2D eigenvalue weighted by molar-refractivity contribution is 0.103. The van der Waals surface area contributed by atoms with Gasteiger partial charge in [0.15, 0.2) is 5.78 Å². The number of carbonyl (C=O) groups excluding carboxylic acids is 1. The van der Waals surface area contributed by atoms with E-state index in [1.165, 1.54) is 4.68 Å². The smallest absolute Gasteiger partial charge is 0.282 e.